The third-order valence-electron chi connectivity index (χ3n) is 5.33. The minimum atomic E-state index is -4.87. The van der Waals surface area contributed by atoms with Crippen molar-refractivity contribution in [1.29, 1.82) is 0 Å². The second kappa shape index (κ2) is 10.2. The summed E-state index contributed by atoms with van der Waals surface area (Å²) in [6.07, 6.45) is -4.35. The number of carbonyl (C=O) groups is 3. The number of hydrogen-bond acceptors (Lipinski definition) is 7. The van der Waals surface area contributed by atoms with Crippen LogP contribution in [0.5, 0.6) is 0 Å². The maximum absolute atomic E-state index is 13.9. The quantitative estimate of drug-likeness (QED) is 0.251. The average Bonchev–Trinajstić information content (AvgIpc) is 3.42. The van der Waals surface area contributed by atoms with Gasteiger partial charge in [0.05, 0.1) is 22.7 Å². The lowest BCUT2D eigenvalue weighted by Gasteiger charge is -2.11. The van der Waals surface area contributed by atoms with Crippen LogP contribution < -0.4 is 11.1 Å². The van der Waals surface area contributed by atoms with Crippen LogP contribution in [0.1, 0.15) is 55.1 Å². The second-order valence-corrected chi connectivity index (χ2v) is 9.07. The van der Waals surface area contributed by atoms with E-state index in [1.807, 2.05) is 0 Å². The molecule has 4 aromatic rings. The van der Waals surface area contributed by atoms with Crippen LogP contribution in [-0.2, 0) is 10.9 Å². The van der Waals surface area contributed by atoms with E-state index in [0.29, 0.717) is 10.9 Å². The Hall–Kier alpha value is -4.33. The van der Waals surface area contributed by atoms with E-state index in [2.05, 4.69) is 15.4 Å². The molecule has 9 nitrogen and oxygen atoms in total. The molecule has 0 bridgehead atoms. The summed E-state index contributed by atoms with van der Waals surface area (Å²) >= 11 is 0.726. The van der Waals surface area contributed by atoms with Crippen LogP contribution in [0.15, 0.2) is 36.4 Å². The molecular weight excluding hydrogens is 530 g/mol. The molecule has 0 radical (unpaired) electrons. The highest BCUT2D eigenvalue weighted by atomic mass is 32.1. The largest absolute Gasteiger partial charge is 0.462 e. The van der Waals surface area contributed by atoms with Crippen molar-refractivity contribution in [1.82, 2.24) is 14.6 Å². The number of fused-ring (bicyclic) bond motifs is 1. The SMILES string of the molecule is CCCOC(=O)c1c(NC(=O)c2cc3nc(-c4ccc(F)cc4)cc(C(F)(F)F)n3n2)sc(C(N)=O)c1C. The topological polar surface area (TPSA) is 129 Å². The van der Waals surface area contributed by atoms with Crippen molar-refractivity contribution < 1.29 is 36.7 Å². The Kier molecular flexibility index (Phi) is 7.18. The Balaban J connectivity index is 1.76. The molecule has 3 heterocycles. The van der Waals surface area contributed by atoms with E-state index >= 15 is 0 Å². The first-order chi connectivity index (χ1) is 17.9. The number of aromatic nitrogens is 3. The fraction of sp³-hybridized carbons (Fsp3) is 0.208. The highest BCUT2D eigenvalue weighted by Crippen LogP contribution is 2.35. The molecule has 0 saturated heterocycles. The van der Waals surface area contributed by atoms with Crippen LogP contribution in [-0.4, -0.2) is 39.0 Å². The van der Waals surface area contributed by atoms with Gasteiger partial charge in [0.15, 0.2) is 17.0 Å². The number of esters is 1. The summed E-state index contributed by atoms with van der Waals surface area (Å²) in [5.41, 5.74) is 3.62. The summed E-state index contributed by atoms with van der Waals surface area (Å²) in [6.45, 7) is 3.32. The molecular formula is C24H19F4N5O4S. The van der Waals surface area contributed by atoms with Crippen molar-refractivity contribution in [2.45, 2.75) is 26.4 Å². The standard InChI is InChI=1S/C24H19F4N5O4S/c1-3-8-37-23(36)18-11(2)19(20(29)34)38-22(18)31-21(35)15-10-17-30-14(12-4-6-13(25)7-5-12)9-16(24(26,27)28)33(17)32-15/h4-7,9-10H,3,8H2,1-2H3,(H2,29,34)(H,31,35). The molecule has 38 heavy (non-hydrogen) atoms. The predicted octanol–water partition coefficient (Wildman–Crippen LogP) is 4.84. The first-order valence-electron chi connectivity index (χ1n) is 11.1. The smallest absolute Gasteiger partial charge is 0.433 e. The lowest BCUT2D eigenvalue weighted by Crippen LogP contribution is -2.17. The highest BCUT2D eigenvalue weighted by molar-refractivity contribution is 7.18. The van der Waals surface area contributed by atoms with Gasteiger partial charge in [-0.1, -0.05) is 6.92 Å². The predicted molar refractivity (Wildman–Crippen MR) is 129 cm³/mol. The number of hydrogen-bond donors (Lipinski definition) is 2. The molecule has 1 aromatic carbocycles. The summed E-state index contributed by atoms with van der Waals surface area (Å²) in [6, 6.07) is 6.47. The number of halogens is 4. The molecule has 0 aliphatic carbocycles. The van der Waals surface area contributed by atoms with Crippen LogP contribution in [0, 0.1) is 12.7 Å². The molecule has 0 fully saturated rings. The van der Waals surface area contributed by atoms with Crippen molar-refractivity contribution in [3.8, 4) is 11.3 Å². The number of nitrogens with zero attached hydrogens (tertiary/aromatic N) is 3. The molecule has 0 aliphatic heterocycles. The van der Waals surface area contributed by atoms with E-state index in [9.17, 15) is 31.9 Å². The number of primary amides is 1. The Bertz CT molecular complexity index is 1560. The Morgan fingerprint density at radius 1 is 1.16 bits per heavy atom. The number of anilines is 1. The van der Waals surface area contributed by atoms with Gasteiger partial charge in [-0.2, -0.15) is 18.3 Å². The summed E-state index contributed by atoms with van der Waals surface area (Å²) in [5.74, 6) is -3.18. The fourth-order valence-electron chi connectivity index (χ4n) is 3.57. The Morgan fingerprint density at radius 3 is 2.45 bits per heavy atom. The third-order valence-corrected chi connectivity index (χ3v) is 6.55. The summed E-state index contributed by atoms with van der Waals surface area (Å²) in [4.78, 5) is 41.6. The van der Waals surface area contributed by atoms with Gasteiger partial charge < -0.3 is 15.8 Å². The lowest BCUT2D eigenvalue weighted by molar-refractivity contribution is -0.142. The number of alkyl halides is 3. The fourth-order valence-corrected chi connectivity index (χ4v) is 4.61. The van der Waals surface area contributed by atoms with E-state index in [1.165, 1.54) is 19.1 Å². The number of carbonyl (C=O) groups excluding carboxylic acids is 3. The number of ether oxygens (including phenoxy) is 1. The maximum Gasteiger partial charge on any atom is 0.433 e. The van der Waals surface area contributed by atoms with Gasteiger partial charge in [-0.25, -0.2) is 18.7 Å². The molecule has 0 saturated carbocycles. The monoisotopic (exact) mass is 549 g/mol. The Labute approximate surface area is 216 Å². The molecule has 3 aromatic heterocycles. The number of rotatable bonds is 7. The number of benzene rings is 1. The van der Waals surface area contributed by atoms with E-state index in [-0.39, 0.29) is 44.5 Å². The number of thiophene rings is 1. The van der Waals surface area contributed by atoms with Crippen molar-refractivity contribution in [2.75, 3.05) is 11.9 Å². The molecule has 14 heteroatoms. The zero-order valence-electron chi connectivity index (χ0n) is 19.9. The zero-order chi connectivity index (χ0) is 27.8. The lowest BCUT2D eigenvalue weighted by atomic mass is 10.1. The summed E-state index contributed by atoms with van der Waals surface area (Å²) in [7, 11) is 0. The Morgan fingerprint density at radius 2 is 1.84 bits per heavy atom. The van der Waals surface area contributed by atoms with E-state index in [1.54, 1.807) is 6.92 Å². The van der Waals surface area contributed by atoms with Gasteiger partial charge in [0, 0.05) is 11.6 Å². The molecule has 2 amide bonds. The number of nitrogens with one attached hydrogen (secondary N) is 1. The molecule has 0 atom stereocenters. The normalized spacial score (nSPS) is 11.5. The van der Waals surface area contributed by atoms with Crippen LogP contribution in [0.3, 0.4) is 0 Å². The third kappa shape index (κ3) is 5.20. The first-order valence-corrected chi connectivity index (χ1v) is 11.9. The minimum Gasteiger partial charge on any atom is -0.462 e. The van der Waals surface area contributed by atoms with E-state index in [4.69, 9.17) is 10.5 Å². The van der Waals surface area contributed by atoms with Gasteiger partial charge in [-0.3, -0.25) is 9.59 Å². The van der Waals surface area contributed by atoms with Gasteiger partial charge in [0.2, 0.25) is 0 Å². The average molecular weight is 550 g/mol. The molecule has 3 N–H and O–H groups in total. The molecule has 0 spiro atoms. The van der Waals surface area contributed by atoms with Crippen molar-refractivity contribution in [2.24, 2.45) is 5.73 Å². The van der Waals surface area contributed by atoms with Crippen LogP contribution in [0.25, 0.3) is 16.9 Å². The minimum absolute atomic E-state index is 0.00344. The highest BCUT2D eigenvalue weighted by Gasteiger charge is 2.36. The van der Waals surface area contributed by atoms with Gasteiger partial charge in [-0.15, -0.1) is 11.3 Å². The number of amides is 2. The van der Waals surface area contributed by atoms with Gasteiger partial charge >= 0.3 is 12.1 Å². The van der Waals surface area contributed by atoms with Gasteiger partial charge in [0.25, 0.3) is 11.8 Å². The van der Waals surface area contributed by atoms with Crippen molar-refractivity contribution in [3.63, 3.8) is 0 Å². The number of nitrogens with two attached hydrogens (primary N) is 1. The zero-order valence-corrected chi connectivity index (χ0v) is 20.7. The first kappa shape index (κ1) is 26.7. The van der Waals surface area contributed by atoms with Crippen molar-refractivity contribution in [3.05, 3.63) is 69.6 Å². The van der Waals surface area contributed by atoms with Crippen LogP contribution >= 0.6 is 11.3 Å². The van der Waals surface area contributed by atoms with Crippen molar-refractivity contribution >= 4 is 39.8 Å². The van der Waals surface area contributed by atoms with E-state index < -0.39 is 41.2 Å². The van der Waals surface area contributed by atoms with Gasteiger partial charge in [0.1, 0.15) is 10.8 Å². The molecule has 4 rings (SSSR count). The maximum atomic E-state index is 13.9. The van der Waals surface area contributed by atoms with E-state index in [0.717, 1.165) is 35.6 Å². The summed E-state index contributed by atoms with van der Waals surface area (Å²) < 4.78 is 60.5. The van der Waals surface area contributed by atoms with Crippen LogP contribution in [0.4, 0.5) is 22.6 Å². The summed E-state index contributed by atoms with van der Waals surface area (Å²) in [5, 5.41) is 6.11. The molecule has 0 unspecified atom stereocenters. The molecule has 198 valence electrons. The second-order valence-electron chi connectivity index (χ2n) is 8.05. The van der Waals surface area contributed by atoms with Crippen LogP contribution in [0.2, 0.25) is 0 Å². The molecule has 0 aliphatic rings. The van der Waals surface area contributed by atoms with Gasteiger partial charge in [-0.05, 0) is 49.2 Å².